The maximum Gasteiger partial charge on any atom is 0.490 e. The number of nitrogens with zero attached hydrogens (tertiary/aromatic N) is 4. The van der Waals surface area contributed by atoms with E-state index >= 15 is 0 Å². The van der Waals surface area contributed by atoms with Crippen molar-refractivity contribution < 1.29 is 23.1 Å². The molecule has 0 saturated carbocycles. The summed E-state index contributed by atoms with van der Waals surface area (Å²) >= 11 is 1.61. The maximum atomic E-state index is 10.6. The van der Waals surface area contributed by atoms with Crippen LogP contribution in [0.5, 0.6) is 0 Å². The van der Waals surface area contributed by atoms with Gasteiger partial charge in [0.25, 0.3) is 0 Å². The van der Waals surface area contributed by atoms with Gasteiger partial charge in [0, 0.05) is 11.1 Å². The molecule has 1 aliphatic rings. The molecule has 0 aliphatic carbocycles. The minimum atomic E-state index is -5.08. The summed E-state index contributed by atoms with van der Waals surface area (Å²) in [5.74, 6) is 4.69. The fourth-order valence-corrected chi connectivity index (χ4v) is 5.03. The van der Waals surface area contributed by atoms with Crippen molar-refractivity contribution >= 4 is 49.9 Å². The summed E-state index contributed by atoms with van der Waals surface area (Å²) in [7, 11) is 0. The number of nitrogens with one attached hydrogen (secondary N) is 2. The Balaban J connectivity index is 0.000000411. The van der Waals surface area contributed by atoms with Crippen LogP contribution in [0.2, 0.25) is 0 Å². The second-order valence-electron chi connectivity index (χ2n) is 8.96. The summed E-state index contributed by atoms with van der Waals surface area (Å²) in [5, 5.41) is 20.7. The molecule has 1 fully saturated rings. The molecule has 12 heteroatoms. The molecule has 4 heterocycles. The molecule has 3 aromatic heterocycles. The zero-order valence-corrected chi connectivity index (χ0v) is 21.8. The molecule has 8 nitrogen and oxygen atoms in total. The number of rotatable bonds is 4. The third-order valence-electron chi connectivity index (χ3n) is 6.08. The highest BCUT2D eigenvalue weighted by molar-refractivity contribution is 7.19. The van der Waals surface area contributed by atoms with Crippen molar-refractivity contribution in [1.29, 1.82) is 0 Å². The lowest BCUT2D eigenvalue weighted by Crippen LogP contribution is -2.21. The summed E-state index contributed by atoms with van der Waals surface area (Å²) in [6, 6.07) is 19.0. The Labute approximate surface area is 230 Å². The summed E-state index contributed by atoms with van der Waals surface area (Å²) in [6.07, 6.45) is 0.747. The van der Waals surface area contributed by atoms with Gasteiger partial charge in [-0.15, -0.1) is 11.3 Å². The molecule has 1 aliphatic heterocycles. The van der Waals surface area contributed by atoms with Gasteiger partial charge in [-0.2, -0.15) is 18.3 Å². The van der Waals surface area contributed by atoms with Crippen molar-refractivity contribution in [3.63, 3.8) is 0 Å². The summed E-state index contributed by atoms with van der Waals surface area (Å²) in [6.45, 7) is 1.81. The summed E-state index contributed by atoms with van der Waals surface area (Å²) in [5.41, 5.74) is 3.30. The highest BCUT2D eigenvalue weighted by atomic mass is 32.1. The Hall–Kier alpha value is -4.47. The highest BCUT2D eigenvalue weighted by Crippen LogP contribution is 2.30. The van der Waals surface area contributed by atoms with Gasteiger partial charge in [0.1, 0.15) is 17.0 Å². The smallest absolute Gasteiger partial charge is 0.475 e. The third-order valence-corrected chi connectivity index (χ3v) is 7.04. The molecule has 5 aromatic rings. The molecule has 0 amide bonds. The van der Waals surface area contributed by atoms with Gasteiger partial charge in [0.15, 0.2) is 0 Å². The van der Waals surface area contributed by atoms with Gasteiger partial charge in [-0.05, 0) is 49.2 Å². The van der Waals surface area contributed by atoms with Crippen LogP contribution in [0.15, 0.2) is 67.1 Å². The number of thiophene rings is 1. The predicted molar refractivity (Wildman–Crippen MR) is 148 cm³/mol. The minimum Gasteiger partial charge on any atom is -0.475 e. The molecule has 1 saturated heterocycles. The molecule has 1 atom stereocenters. The monoisotopic (exact) mass is 564 g/mol. The quantitative estimate of drug-likeness (QED) is 0.245. The maximum absolute atomic E-state index is 10.6. The van der Waals surface area contributed by atoms with E-state index in [1.807, 2.05) is 16.9 Å². The fraction of sp³-hybridized carbons (Fsp3) is 0.214. The van der Waals surface area contributed by atoms with E-state index < -0.39 is 12.1 Å². The topological polar surface area (TPSA) is 105 Å². The lowest BCUT2D eigenvalue weighted by Gasteiger charge is -2.08. The molecular formula is C28H23F3N6O2S. The van der Waals surface area contributed by atoms with Gasteiger partial charge in [-0.25, -0.2) is 14.8 Å². The average Bonchev–Trinajstić information content (AvgIpc) is 3.68. The molecule has 0 bridgehead atoms. The van der Waals surface area contributed by atoms with Crippen molar-refractivity contribution in [2.24, 2.45) is 0 Å². The number of hydrogen-bond acceptors (Lipinski definition) is 7. The number of aliphatic carboxylic acids is 1. The van der Waals surface area contributed by atoms with Gasteiger partial charge < -0.3 is 15.7 Å². The largest absolute Gasteiger partial charge is 0.490 e. The Kier molecular flexibility index (Phi) is 7.95. The van der Waals surface area contributed by atoms with Crippen molar-refractivity contribution in [2.45, 2.75) is 31.6 Å². The average molecular weight is 565 g/mol. The molecular weight excluding hydrogens is 541 g/mol. The van der Waals surface area contributed by atoms with Crippen LogP contribution < -0.4 is 10.6 Å². The van der Waals surface area contributed by atoms with Crippen LogP contribution in [0.4, 0.5) is 24.7 Å². The van der Waals surface area contributed by atoms with E-state index in [-0.39, 0.29) is 0 Å². The van der Waals surface area contributed by atoms with Crippen LogP contribution in [0.25, 0.3) is 21.1 Å². The third kappa shape index (κ3) is 6.56. The molecule has 0 spiro atoms. The van der Waals surface area contributed by atoms with Crippen LogP contribution in [-0.2, 0) is 11.3 Å². The minimum absolute atomic E-state index is 0.299. The number of benzene rings is 2. The molecule has 2 aromatic carbocycles. The molecule has 6 rings (SSSR count). The SMILES string of the molecule is C(#C[C@H]1CCCN1)c1cc2c(Nc3ccc4c(cnn4Cc4ccccc4)c3)ncnc2s1.O=C(O)C(F)(F)F. The van der Waals surface area contributed by atoms with Gasteiger partial charge in [0.2, 0.25) is 0 Å². The number of carboxylic acid groups (broad SMARTS) is 1. The first kappa shape index (κ1) is 27.1. The summed E-state index contributed by atoms with van der Waals surface area (Å²) < 4.78 is 33.8. The van der Waals surface area contributed by atoms with Crippen molar-refractivity contribution in [3.8, 4) is 11.8 Å². The second-order valence-corrected chi connectivity index (χ2v) is 9.99. The standard InChI is InChI=1S/C26H22N6S.C2HF3O2/c1-2-5-18(6-3-1)16-32-24-11-9-21(13-19(24)15-30-32)31-25-23-14-22(33-26(23)29-17-28-25)10-8-20-7-4-12-27-20;3-2(4,5)1(6)7/h1-3,5-6,9,11,13-15,17,20,27H,4,7,12,16H2,(H,28,29,31);(H,6,7)/t20-;/m1./s1. The molecule has 3 N–H and O–H groups in total. The molecule has 204 valence electrons. The van der Waals surface area contributed by atoms with Crippen LogP contribution >= 0.6 is 11.3 Å². The van der Waals surface area contributed by atoms with Crippen molar-refractivity contribution in [2.75, 3.05) is 11.9 Å². The first-order chi connectivity index (χ1) is 19.3. The lowest BCUT2D eigenvalue weighted by molar-refractivity contribution is -0.192. The van der Waals surface area contributed by atoms with E-state index in [4.69, 9.17) is 9.90 Å². The molecule has 40 heavy (non-hydrogen) atoms. The number of anilines is 2. The van der Waals surface area contributed by atoms with Crippen LogP contribution in [0.1, 0.15) is 23.3 Å². The van der Waals surface area contributed by atoms with E-state index in [9.17, 15) is 13.2 Å². The van der Waals surface area contributed by atoms with E-state index in [1.54, 1.807) is 17.7 Å². The first-order valence-electron chi connectivity index (χ1n) is 12.3. The predicted octanol–water partition coefficient (Wildman–Crippen LogP) is 5.57. The Morgan fingerprint density at radius 1 is 1.18 bits per heavy atom. The summed E-state index contributed by atoms with van der Waals surface area (Å²) in [4.78, 5) is 19.8. The Bertz CT molecular complexity index is 1700. The van der Waals surface area contributed by atoms with Gasteiger partial charge >= 0.3 is 12.1 Å². The van der Waals surface area contributed by atoms with Crippen LogP contribution in [-0.4, -0.2) is 49.6 Å². The van der Waals surface area contributed by atoms with Crippen molar-refractivity contribution in [1.82, 2.24) is 25.1 Å². The van der Waals surface area contributed by atoms with E-state index in [0.29, 0.717) is 6.04 Å². The van der Waals surface area contributed by atoms with Crippen LogP contribution in [0, 0.1) is 11.8 Å². The first-order valence-corrected chi connectivity index (χ1v) is 13.1. The highest BCUT2D eigenvalue weighted by Gasteiger charge is 2.38. The fourth-order valence-electron chi connectivity index (χ4n) is 4.17. The van der Waals surface area contributed by atoms with E-state index in [2.05, 4.69) is 86.1 Å². The number of carboxylic acids is 1. The number of alkyl halides is 3. The van der Waals surface area contributed by atoms with E-state index in [1.165, 1.54) is 12.0 Å². The Morgan fingerprint density at radius 3 is 2.70 bits per heavy atom. The Morgan fingerprint density at radius 2 is 1.98 bits per heavy atom. The van der Waals surface area contributed by atoms with Gasteiger partial charge in [-0.3, -0.25) is 4.68 Å². The lowest BCUT2D eigenvalue weighted by atomic mass is 10.2. The molecule has 0 radical (unpaired) electrons. The number of halogens is 3. The van der Waals surface area contributed by atoms with Crippen molar-refractivity contribution in [3.05, 3.63) is 77.6 Å². The number of hydrogen-bond donors (Lipinski definition) is 3. The van der Waals surface area contributed by atoms with Gasteiger partial charge in [-0.1, -0.05) is 42.2 Å². The van der Waals surface area contributed by atoms with E-state index in [0.717, 1.165) is 57.0 Å². The second kappa shape index (κ2) is 11.7. The van der Waals surface area contributed by atoms with Crippen LogP contribution in [0.3, 0.4) is 0 Å². The molecule has 0 unspecified atom stereocenters. The number of fused-ring (bicyclic) bond motifs is 2. The number of aromatic nitrogens is 4. The number of carbonyl (C=O) groups is 1. The zero-order chi connectivity index (χ0) is 28.1. The zero-order valence-electron chi connectivity index (χ0n) is 20.9. The van der Waals surface area contributed by atoms with Gasteiger partial charge in [0.05, 0.1) is 34.6 Å². The normalized spacial score (nSPS) is 14.8.